The van der Waals surface area contributed by atoms with Crippen LogP contribution in [0, 0.1) is 23.7 Å². The van der Waals surface area contributed by atoms with Crippen LogP contribution in [-0.2, 0) is 9.59 Å². The standard InChI is InChI=1S/C15H14N2O2S/c18-14-12-9-3-4-10(6-5-9)13(12)15(19)17(14)16-8-11-2-1-7-20-11/h1-4,7-10,12-13H,5-6H2/b16-8-/t9-,10-,12-,13-/m1/s1. The molecule has 1 saturated heterocycles. The van der Waals surface area contributed by atoms with E-state index in [1.807, 2.05) is 17.5 Å². The average molecular weight is 286 g/mol. The van der Waals surface area contributed by atoms with E-state index >= 15 is 0 Å². The molecule has 3 aliphatic carbocycles. The van der Waals surface area contributed by atoms with E-state index < -0.39 is 0 Å². The second-order valence-corrected chi connectivity index (χ2v) is 6.57. The lowest BCUT2D eigenvalue weighted by Gasteiger charge is -2.37. The first-order valence-corrected chi connectivity index (χ1v) is 7.77. The molecule has 2 fully saturated rings. The zero-order valence-electron chi connectivity index (χ0n) is 10.8. The molecule has 4 nitrogen and oxygen atoms in total. The van der Waals surface area contributed by atoms with E-state index in [-0.39, 0.29) is 35.5 Å². The van der Waals surface area contributed by atoms with Crippen molar-refractivity contribution in [3.63, 3.8) is 0 Å². The van der Waals surface area contributed by atoms with Gasteiger partial charge in [-0.05, 0) is 36.1 Å². The van der Waals surface area contributed by atoms with Gasteiger partial charge in [0, 0.05) is 4.88 Å². The lowest BCUT2D eigenvalue weighted by Crippen LogP contribution is -2.38. The van der Waals surface area contributed by atoms with Crippen LogP contribution < -0.4 is 0 Å². The van der Waals surface area contributed by atoms with E-state index in [1.54, 1.807) is 6.21 Å². The van der Waals surface area contributed by atoms with Crippen molar-refractivity contribution in [2.75, 3.05) is 0 Å². The van der Waals surface area contributed by atoms with Gasteiger partial charge >= 0.3 is 0 Å². The minimum absolute atomic E-state index is 0.119. The molecule has 1 saturated carbocycles. The minimum Gasteiger partial charge on any atom is -0.272 e. The summed E-state index contributed by atoms with van der Waals surface area (Å²) in [5.41, 5.74) is 0. The Morgan fingerprint density at radius 1 is 1.15 bits per heavy atom. The molecule has 2 bridgehead atoms. The zero-order valence-corrected chi connectivity index (χ0v) is 11.6. The predicted octanol–water partition coefficient (Wildman–Crippen LogP) is 2.28. The van der Waals surface area contributed by atoms with Gasteiger partial charge in [0.15, 0.2) is 0 Å². The van der Waals surface area contributed by atoms with Crippen molar-refractivity contribution in [3.8, 4) is 0 Å². The zero-order chi connectivity index (χ0) is 13.7. The smallest absolute Gasteiger partial charge is 0.254 e. The van der Waals surface area contributed by atoms with Crippen molar-refractivity contribution in [3.05, 3.63) is 34.5 Å². The van der Waals surface area contributed by atoms with E-state index in [9.17, 15) is 9.59 Å². The van der Waals surface area contributed by atoms with Crippen LogP contribution >= 0.6 is 11.3 Å². The maximum absolute atomic E-state index is 12.5. The highest BCUT2D eigenvalue weighted by atomic mass is 32.1. The van der Waals surface area contributed by atoms with Gasteiger partial charge in [-0.25, -0.2) is 0 Å². The van der Waals surface area contributed by atoms with Crippen molar-refractivity contribution >= 4 is 29.4 Å². The third-order valence-corrected chi connectivity index (χ3v) is 5.39. The number of rotatable bonds is 2. The van der Waals surface area contributed by atoms with Crippen LogP contribution in [0.15, 0.2) is 34.8 Å². The van der Waals surface area contributed by atoms with Gasteiger partial charge in [-0.1, -0.05) is 18.2 Å². The maximum atomic E-state index is 12.5. The first-order chi connectivity index (χ1) is 9.75. The van der Waals surface area contributed by atoms with Crippen molar-refractivity contribution in [1.29, 1.82) is 0 Å². The van der Waals surface area contributed by atoms with Crippen molar-refractivity contribution in [2.24, 2.45) is 28.8 Å². The Bertz CT molecular complexity index is 588. The molecule has 2 amide bonds. The van der Waals surface area contributed by atoms with E-state index in [4.69, 9.17) is 0 Å². The summed E-state index contributed by atoms with van der Waals surface area (Å²) in [6.45, 7) is 0. The van der Waals surface area contributed by atoms with E-state index in [1.165, 1.54) is 11.3 Å². The molecule has 2 heterocycles. The lowest BCUT2D eigenvalue weighted by atomic mass is 9.63. The number of hydrogen-bond donors (Lipinski definition) is 0. The second-order valence-electron chi connectivity index (χ2n) is 5.59. The molecule has 1 aromatic heterocycles. The molecule has 0 N–H and O–H groups in total. The summed E-state index contributed by atoms with van der Waals surface area (Å²) >= 11 is 1.54. The highest BCUT2D eigenvalue weighted by Gasteiger charge is 2.56. The number of thiophene rings is 1. The number of carbonyl (C=O) groups is 2. The molecular formula is C15H14N2O2S. The summed E-state index contributed by atoms with van der Waals surface area (Å²) in [6, 6.07) is 3.83. The predicted molar refractivity (Wildman–Crippen MR) is 76.1 cm³/mol. The number of allylic oxidation sites excluding steroid dienone is 2. The molecule has 0 unspecified atom stereocenters. The Hall–Kier alpha value is -1.75. The third-order valence-electron chi connectivity index (χ3n) is 4.58. The normalized spacial score (nSPS) is 35.3. The molecule has 0 radical (unpaired) electrons. The lowest BCUT2D eigenvalue weighted by molar-refractivity contribution is -0.140. The second kappa shape index (κ2) is 4.38. The van der Waals surface area contributed by atoms with Gasteiger partial charge in [-0.2, -0.15) is 10.1 Å². The van der Waals surface area contributed by atoms with Gasteiger partial charge in [-0.15, -0.1) is 11.3 Å². The van der Waals surface area contributed by atoms with Gasteiger partial charge in [-0.3, -0.25) is 9.59 Å². The summed E-state index contributed by atoms with van der Waals surface area (Å²) in [7, 11) is 0. The molecule has 1 aliphatic heterocycles. The van der Waals surface area contributed by atoms with Crippen LogP contribution in [0.25, 0.3) is 0 Å². The summed E-state index contributed by atoms with van der Waals surface area (Å²) in [5, 5.41) is 7.19. The van der Waals surface area contributed by atoms with Gasteiger partial charge < -0.3 is 0 Å². The number of fused-ring (bicyclic) bond motifs is 1. The number of hydrazone groups is 1. The van der Waals surface area contributed by atoms with Crippen LogP contribution in [0.5, 0.6) is 0 Å². The first kappa shape index (κ1) is 12.0. The Kier molecular flexibility index (Phi) is 2.63. The van der Waals surface area contributed by atoms with Crippen LogP contribution in [-0.4, -0.2) is 23.0 Å². The molecule has 5 heteroatoms. The van der Waals surface area contributed by atoms with E-state index in [2.05, 4.69) is 17.3 Å². The van der Waals surface area contributed by atoms with E-state index in [0.29, 0.717) is 0 Å². The number of imide groups is 1. The maximum Gasteiger partial charge on any atom is 0.254 e. The fourth-order valence-corrected chi connectivity index (χ4v) is 4.23. The molecule has 1 aromatic rings. The number of hydrogen-bond acceptors (Lipinski definition) is 4. The Morgan fingerprint density at radius 3 is 2.30 bits per heavy atom. The molecule has 5 rings (SSSR count). The molecule has 20 heavy (non-hydrogen) atoms. The van der Waals surface area contributed by atoms with Gasteiger partial charge in [0.05, 0.1) is 18.1 Å². The fourth-order valence-electron chi connectivity index (χ4n) is 3.65. The SMILES string of the molecule is O=C1[C@H]2[C@H](C(=O)N1/N=C\c1cccs1)[C@@H]1C=C[C@@H]2CC1. The minimum atomic E-state index is -0.174. The fraction of sp³-hybridized carbons (Fsp3) is 0.400. The monoisotopic (exact) mass is 286 g/mol. The van der Waals surface area contributed by atoms with Gasteiger partial charge in [0.2, 0.25) is 0 Å². The Balaban J connectivity index is 1.64. The van der Waals surface area contributed by atoms with Crippen LogP contribution in [0.2, 0.25) is 0 Å². The van der Waals surface area contributed by atoms with Gasteiger partial charge in [0.1, 0.15) is 0 Å². The molecular weight excluding hydrogens is 272 g/mol. The topological polar surface area (TPSA) is 49.7 Å². The average Bonchev–Trinajstić information content (AvgIpc) is 3.08. The molecule has 0 spiro atoms. The number of nitrogens with zero attached hydrogens (tertiary/aromatic N) is 2. The van der Waals surface area contributed by atoms with Crippen LogP contribution in [0.3, 0.4) is 0 Å². The summed E-state index contributed by atoms with van der Waals surface area (Å²) in [6.07, 6.45) is 7.88. The first-order valence-electron chi connectivity index (χ1n) is 6.89. The van der Waals surface area contributed by atoms with Crippen molar-refractivity contribution in [1.82, 2.24) is 5.01 Å². The third kappa shape index (κ3) is 1.62. The van der Waals surface area contributed by atoms with Gasteiger partial charge in [0.25, 0.3) is 11.8 Å². The summed E-state index contributed by atoms with van der Waals surface area (Å²) < 4.78 is 0. The quantitative estimate of drug-likeness (QED) is 0.476. The van der Waals surface area contributed by atoms with Crippen LogP contribution in [0.1, 0.15) is 17.7 Å². The number of amides is 2. The van der Waals surface area contributed by atoms with Crippen molar-refractivity contribution < 1.29 is 9.59 Å². The van der Waals surface area contributed by atoms with Crippen molar-refractivity contribution in [2.45, 2.75) is 12.8 Å². The Morgan fingerprint density at radius 2 is 1.80 bits per heavy atom. The largest absolute Gasteiger partial charge is 0.272 e. The summed E-state index contributed by atoms with van der Waals surface area (Å²) in [4.78, 5) is 25.9. The van der Waals surface area contributed by atoms with Crippen LogP contribution in [0.4, 0.5) is 0 Å². The molecule has 102 valence electrons. The highest BCUT2D eigenvalue weighted by molar-refractivity contribution is 7.11. The molecule has 4 aliphatic rings. The molecule has 4 atom stereocenters. The number of carbonyl (C=O) groups excluding carboxylic acids is 2. The highest BCUT2D eigenvalue weighted by Crippen LogP contribution is 2.49. The molecule has 0 aromatic carbocycles. The van der Waals surface area contributed by atoms with E-state index in [0.717, 1.165) is 22.7 Å². The Labute approximate surface area is 120 Å². The summed E-state index contributed by atoms with van der Waals surface area (Å²) in [5.74, 6) is -0.135.